The molecule has 0 saturated carbocycles. The number of pyridine rings is 1. The van der Waals surface area contributed by atoms with Gasteiger partial charge in [-0.25, -0.2) is 14.5 Å². The van der Waals surface area contributed by atoms with Crippen LogP contribution in [0.15, 0.2) is 57.1 Å². The molecule has 29 heavy (non-hydrogen) atoms. The maximum atomic E-state index is 13.3. The Kier molecular flexibility index (Phi) is 5.44. The van der Waals surface area contributed by atoms with Gasteiger partial charge in [0, 0.05) is 12.6 Å². The minimum Gasteiger partial charge on any atom is -0.339 e. The predicted octanol–water partition coefficient (Wildman–Crippen LogP) is 3.96. The lowest BCUT2D eigenvalue weighted by molar-refractivity contribution is 0.360. The molecule has 8 heteroatoms. The first-order valence-electron chi connectivity index (χ1n) is 9.41. The Balaban J connectivity index is 1.75. The van der Waals surface area contributed by atoms with Crippen LogP contribution in [0.3, 0.4) is 0 Å². The van der Waals surface area contributed by atoms with Crippen LogP contribution in [0, 0.1) is 12.8 Å². The van der Waals surface area contributed by atoms with Crippen LogP contribution in [0.25, 0.3) is 16.7 Å². The molecule has 148 valence electrons. The van der Waals surface area contributed by atoms with Crippen LogP contribution in [0.1, 0.15) is 31.1 Å². The Morgan fingerprint density at radius 2 is 1.97 bits per heavy atom. The van der Waals surface area contributed by atoms with Crippen LogP contribution in [0.5, 0.6) is 0 Å². The summed E-state index contributed by atoms with van der Waals surface area (Å²) in [7, 11) is 0. The van der Waals surface area contributed by atoms with Crippen molar-refractivity contribution in [3.05, 3.63) is 70.2 Å². The number of aromatic nitrogens is 5. The zero-order chi connectivity index (χ0) is 20.4. The summed E-state index contributed by atoms with van der Waals surface area (Å²) in [4.78, 5) is 26.9. The lowest BCUT2D eigenvalue weighted by atomic mass is 10.1. The summed E-state index contributed by atoms with van der Waals surface area (Å²) in [5.74, 6) is 2.66. The first-order valence-corrected chi connectivity index (χ1v) is 10.4. The Labute approximate surface area is 172 Å². The highest BCUT2D eigenvalue weighted by Gasteiger charge is 2.17. The molecule has 0 aliphatic rings. The van der Waals surface area contributed by atoms with E-state index in [0.29, 0.717) is 45.3 Å². The summed E-state index contributed by atoms with van der Waals surface area (Å²) in [6.07, 6.45) is 2.42. The third-order valence-electron chi connectivity index (χ3n) is 4.36. The van der Waals surface area contributed by atoms with Gasteiger partial charge >= 0.3 is 0 Å². The third kappa shape index (κ3) is 4.07. The maximum Gasteiger partial charge on any atom is 0.267 e. The topological polar surface area (TPSA) is 86.7 Å². The molecule has 3 aromatic heterocycles. The van der Waals surface area contributed by atoms with E-state index in [1.807, 2.05) is 37.3 Å². The van der Waals surface area contributed by atoms with Crippen LogP contribution in [0.2, 0.25) is 0 Å². The highest BCUT2D eigenvalue weighted by Crippen LogP contribution is 2.24. The van der Waals surface area contributed by atoms with Crippen molar-refractivity contribution in [1.82, 2.24) is 24.7 Å². The molecule has 4 rings (SSSR count). The van der Waals surface area contributed by atoms with E-state index in [1.54, 1.807) is 16.8 Å². The molecular formula is C21H21N5O2S. The normalized spacial score (nSPS) is 11.4. The molecule has 0 saturated heterocycles. The first-order chi connectivity index (χ1) is 14.0. The molecule has 0 aliphatic heterocycles. The number of hydrogen-bond donors (Lipinski definition) is 0. The fraction of sp³-hybridized carbons (Fsp3) is 0.286. The molecular weight excluding hydrogens is 386 g/mol. The molecule has 3 heterocycles. The molecule has 0 amide bonds. The number of hydrogen-bond acceptors (Lipinski definition) is 7. The summed E-state index contributed by atoms with van der Waals surface area (Å²) in [5.41, 5.74) is 1.40. The second kappa shape index (κ2) is 8.16. The van der Waals surface area contributed by atoms with Gasteiger partial charge in [-0.05, 0) is 36.6 Å². The van der Waals surface area contributed by atoms with Gasteiger partial charge in [0.25, 0.3) is 5.56 Å². The third-order valence-corrected chi connectivity index (χ3v) is 5.30. The van der Waals surface area contributed by atoms with Crippen molar-refractivity contribution in [2.24, 2.45) is 5.92 Å². The first kappa shape index (κ1) is 19.3. The van der Waals surface area contributed by atoms with Crippen molar-refractivity contribution < 1.29 is 4.52 Å². The molecule has 0 unspecified atom stereocenters. The molecule has 1 aromatic carbocycles. The summed E-state index contributed by atoms with van der Waals surface area (Å²) >= 11 is 1.39. The van der Waals surface area contributed by atoms with E-state index in [0.717, 1.165) is 12.0 Å². The van der Waals surface area contributed by atoms with Gasteiger partial charge in [-0.2, -0.15) is 4.98 Å². The minimum absolute atomic E-state index is 0.145. The molecule has 7 nitrogen and oxygen atoms in total. The fourth-order valence-electron chi connectivity index (χ4n) is 3.02. The van der Waals surface area contributed by atoms with Crippen LogP contribution in [0.4, 0.5) is 0 Å². The standard InChI is InChI=1S/C21H21N5O2S/c1-13(2)11-18-24-17(25-28-18)12-29-21-23-16-9-5-4-8-15(16)20(27)26(21)19-14(3)7-6-10-22-19/h4-10,13H,11-12H2,1-3H3. The zero-order valence-electron chi connectivity index (χ0n) is 16.5. The van der Waals surface area contributed by atoms with Crippen LogP contribution in [-0.2, 0) is 12.2 Å². The number of para-hydroxylation sites is 1. The van der Waals surface area contributed by atoms with Gasteiger partial charge in [-0.3, -0.25) is 4.79 Å². The van der Waals surface area contributed by atoms with Crippen molar-refractivity contribution in [1.29, 1.82) is 0 Å². The highest BCUT2D eigenvalue weighted by atomic mass is 32.2. The van der Waals surface area contributed by atoms with E-state index in [-0.39, 0.29) is 5.56 Å². The Morgan fingerprint density at radius 3 is 2.76 bits per heavy atom. The number of rotatable bonds is 6. The number of nitrogens with zero attached hydrogens (tertiary/aromatic N) is 5. The van der Waals surface area contributed by atoms with Crippen LogP contribution < -0.4 is 5.56 Å². The molecule has 4 aromatic rings. The molecule has 0 fully saturated rings. The van der Waals surface area contributed by atoms with Crippen molar-refractivity contribution in [2.75, 3.05) is 0 Å². The second-order valence-corrected chi connectivity index (χ2v) is 8.13. The number of benzene rings is 1. The number of thioether (sulfide) groups is 1. The Bertz CT molecular complexity index is 1220. The smallest absolute Gasteiger partial charge is 0.267 e. The van der Waals surface area contributed by atoms with Gasteiger partial charge in [0.2, 0.25) is 5.89 Å². The lowest BCUT2D eigenvalue weighted by Gasteiger charge is -2.13. The molecule has 0 aliphatic carbocycles. The van der Waals surface area contributed by atoms with E-state index in [4.69, 9.17) is 9.51 Å². The van der Waals surface area contributed by atoms with E-state index in [1.165, 1.54) is 11.8 Å². The maximum absolute atomic E-state index is 13.3. The molecule has 0 spiro atoms. The molecule has 0 N–H and O–H groups in total. The Hall–Kier alpha value is -3.00. The van der Waals surface area contributed by atoms with Crippen LogP contribution in [-0.4, -0.2) is 24.7 Å². The predicted molar refractivity (Wildman–Crippen MR) is 112 cm³/mol. The monoisotopic (exact) mass is 407 g/mol. The second-order valence-electron chi connectivity index (χ2n) is 7.19. The fourth-order valence-corrected chi connectivity index (χ4v) is 3.85. The minimum atomic E-state index is -0.145. The van der Waals surface area contributed by atoms with Crippen molar-refractivity contribution in [2.45, 2.75) is 38.1 Å². The Morgan fingerprint density at radius 1 is 1.14 bits per heavy atom. The summed E-state index contributed by atoms with van der Waals surface area (Å²) in [6, 6.07) is 11.1. The van der Waals surface area contributed by atoms with E-state index in [2.05, 4.69) is 29.0 Å². The molecule has 0 bridgehead atoms. The highest BCUT2D eigenvalue weighted by molar-refractivity contribution is 7.98. The summed E-state index contributed by atoms with van der Waals surface area (Å²) in [6.45, 7) is 6.13. The van der Waals surface area contributed by atoms with Crippen molar-refractivity contribution >= 4 is 22.7 Å². The van der Waals surface area contributed by atoms with Gasteiger partial charge in [0.15, 0.2) is 11.0 Å². The average molecular weight is 407 g/mol. The summed E-state index contributed by atoms with van der Waals surface area (Å²) in [5, 5.41) is 5.15. The number of aryl methyl sites for hydroxylation is 1. The van der Waals surface area contributed by atoms with Gasteiger partial charge in [-0.1, -0.05) is 49.0 Å². The number of fused-ring (bicyclic) bond motifs is 1. The summed E-state index contributed by atoms with van der Waals surface area (Å²) < 4.78 is 6.88. The van der Waals surface area contributed by atoms with Gasteiger partial charge in [-0.15, -0.1) is 0 Å². The van der Waals surface area contributed by atoms with Gasteiger partial charge < -0.3 is 4.52 Å². The average Bonchev–Trinajstić information content (AvgIpc) is 3.14. The van der Waals surface area contributed by atoms with E-state index >= 15 is 0 Å². The molecule has 0 radical (unpaired) electrons. The van der Waals surface area contributed by atoms with Gasteiger partial charge in [0.05, 0.1) is 16.7 Å². The zero-order valence-corrected chi connectivity index (χ0v) is 17.3. The van der Waals surface area contributed by atoms with Crippen LogP contribution >= 0.6 is 11.8 Å². The van der Waals surface area contributed by atoms with Crippen molar-refractivity contribution in [3.63, 3.8) is 0 Å². The van der Waals surface area contributed by atoms with E-state index < -0.39 is 0 Å². The molecule has 0 atom stereocenters. The lowest BCUT2D eigenvalue weighted by Crippen LogP contribution is -2.23. The van der Waals surface area contributed by atoms with E-state index in [9.17, 15) is 4.79 Å². The SMILES string of the molecule is Cc1cccnc1-n1c(SCc2noc(CC(C)C)n2)nc2ccccc2c1=O. The van der Waals surface area contributed by atoms with Gasteiger partial charge in [0.1, 0.15) is 5.82 Å². The van der Waals surface area contributed by atoms with Crippen molar-refractivity contribution in [3.8, 4) is 5.82 Å². The quantitative estimate of drug-likeness (QED) is 0.353. The largest absolute Gasteiger partial charge is 0.339 e.